The standard InChI is InChI=1S/C12H16N4OS/c1-9-13-6-11(18-9)7-14-12(17)4-3-10-5-15-16(2)8-10/h5-6,8H,3-4,7H2,1-2H3,(H,14,17). The number of aromatic nitrogens is 3. The van der Waals surface area contributed by atoms with Crippen LogP contribution in [-0.4, -0.2) is 20.7 Å². The topological polar surface area (TPSA) is 59.8 Å². The Hall–Kier alpha value is -1.69. The van der Waals surface area contributed by atoms with E-state index in [1.807, 2.05) is 20.2 Å². The molecular formula is C12H16N4OS. The first-order valence-corrected chi connectivity index (χ1v) is 6.60. The maximum Gasteiger partial charge on any atom is 0.220 e. The van der Waals surface area contributed by atoms with E-state index in [2.05, 4.69) is 15.4 Å². The second-order valence-electron chi connectivity index (χ2n) is 4.14. The number of hydrogen-bond donors (Lipinski definition) is 1. The summed E-state index contributed by atoms with van der Waals surface area (Å²) in [5.74, 6) is 0.0601. The van der Waals surface area contributed by atoms with Crippen molar-refractivity contribution in [1.82, 2.24) is 20.1 Å². The highest BCUT2D eigenvalue weighted by atomic mass is 32.1. The summed E-state index contributed by atoms with van der Waals surface area (Å²) >= 11 is 1.61. The summed E-state index contributed by atoms with van der Waals surface area (Å²) < 4.78 is 1.74. The molecule has 5 nitrogen and oxygen atoms in total. The number of amides is 1. The minimum Gasteiger partial charge on any atom is -0.351 e. The van der Waals surface area contributed by atoms with Crippen molar-refractivity contribution >= 4 is 17.2 Å². The van der Waals surface area contributed by atoms with E-state index in [1.54, 1.807) is 28.4 Å². The van der Waals surface area contributed by atoms with Crippen LogP contribution in [-0.2, 0) is 24.8 Å². The van der Waals surface area contributed by atoms with E-state index in [1.165, 1.54) is 0 Å². The van der Waals surface area contributed by atoms with Crippen LogP contribution < -0.4 is 5.32 Å². The Morgan fingerprint density at radius 2 is 2.33 bits per heavy atom. The molecule has 0 spiro atoms. The highest BCUT2D eigenvalue weighted by molar-refractivity contribution is 7.11. The zero-order chi connectivity index (χ0) is 13.0. The molecule has 1 amide bonds. The molecule has 1 N–H and O–H groups in total. The predicted octanol–water partition coefficient (Wildman–Crippen LogP) is 1.43. The van der Waals surface area contributed by atoms with Gasteiger partial charge in [0.25, 0.3) is 0 Å². The Morgan fingerprint density at radius 3 is 2.94 bits per heavy atom. The third kappa shape index (κ3) is 3.66. The van der Waals surface area contributed by atoms with Crippen molar-refractivity contribution in [2.45, 2.75) is 26.3 Å². The van der Waals surface area contributed by atoms with Crippen LogP contribution in [0.25, 0.3) is 0 Å². The lowest BCUT2D eigenvalue weighted by Gasteiger charge is -2.02. The lowest BCUT2D eigenvalue weighted by molar-refractivity contribution is -0.121. The zero-order valence-corrected chi connectivity index (χ0v) is 11.3. The Labute approximate surface area is 110 Å². The first-order chi connectivity index (χ1) is 8.63. The molecule has 0 saturated carbocycles. The normalized spacial score (nSPS) is 10.6. The van der Waals surface area contributed by atoms with Gasteiger partial charge in [-0.2, -0.15) is 5.10 Å². The molecule has 0 unspecified atom stereocenters. The largest absolute Gasteiger partial charge is 0.351 e. The molecule has 0 aliphatic rings. The molecule has 0 bridgehead atoms. The zero-order valence-electron chi connectivity index (χ0n) is 10.5. The van der Waals surface area contributed by atoms with Crippen LogP contribution in [0.3, 0.4) is 0 Å². The Balaban J connectivity index is 1.72. The number of carbonyl (C=O) groups is 1. The number of aryl methyl sites for hydroxylation is 3. The molecular weight excluding hydrogens is 248 g/mol. The van der Waals surface area contributed by atoms with Gasteiger partial charge < -0.3 is 5.32 Å². The second-order valence-corrected chi connectivity index (χ2v) is 5.46. The van der Waals surface area contributed by atoms with E-state index in [9.17, 15) is 4.79 Å². The summed E-state index contributed by atoms with van der Waals surface area (Å²) in [6.07, 6.45) is 6.74. The minimum absolute atomic E-state index is 0.0601. The summed E-state index contributed by atoms with van der Waals surface area (Å²) in [5.41, 5.74) is 1.08. The first kappa shape index (κ1) is 12.8. The molecule has 0 radical (unpaired) electrons. The number of rotatable bonds is 5. The van der Waals surface area contributed by atoms with Gasteiger partial charge in [0.1, 0.15) is 0 Å². The summed E-state index contributed by atoms with van der Waals surface area (Å²) in [6, 6.07) is 0. The van der Waals surface area contributed by atoms with Gasteiger partial charge in [-0.15, -0.1) is 11.3 Å². The van der Waals surface area contributed by atoms with Crippen LogP contribution in [0.15, 0.2) is 18.6 Å². The van der Waals surface area contributed by atoms with Crippen LogP contribution in [0.1, 0.15) is 21.9 Å². The first-order valence-electron chi connectivity index (χ1n) is 5.79. The van der Waals surface area contributed by atoms with Crippen molar-refractivity contribution < 1.29 is 4.79 Å². The number of hydrogen-bond acceptors (Lipinski definition) is 4. The SMILES string of the molecule is Cc1ncc(CNC(=O)CCc2cnn(C)c2)s1. The van der Waals surface area contributed by atoms with Crippen LogP contribution in [0, 0.1) is 6.92 Å². The smallest absolute Gasteiger partial charge is 0.220 e. The molecule has 0 aliphatic carbocycles. The molecule has 0 fully saturated rings. The van der Waals surface area contributed by atoms with Gasteiger partial charge in [0.05, 0.1) is 17.7 Å². The van der Waals surface area contributed by atoms with E-state index in [-0.39, 0.29) is 5.91 Å². The summed E-state index contributed by atoms with van der Waals surface area (Å²) in [4.78, 5) is 16.9. The number of nitrogens with zero attached hydrogens (tertiary/aromatic N) is 3. The molecule has 6 heteroatoms. The molecule has 0 aromatic carbocycles. The molecule has 0 aliphatic heterocycles. The summed E-state index contributed by atoms with van der Waals surface area (Å²) in [7, 11) is 1.87. The Bertz CT molecular complexity index is 485. The Kier molecular flexibility index (Phi) is 4.09. The highest BCUT2D eigenvalue weighted by Crippen LogP contribution is 2.10. The van der Waals surface area contributed by atoms with E-state index in [0.29, 0.717) is 13.0 Å². The lowest BCUT2D eigenvalue weighted by Crippen LogP contribution is -2.22. The average molecular weight is 264 g/mol. The molecule has 2 aromatic rings. The van der Waals surface area contributed by atoms with E-state index >= 15 is 0 Å². The molecule has 2 heterocycles. The number of nitrogens with one attached hydrogen (secondary N) is 1. The quantitative estimate of drug-likeness (QED) is 0.889. The fourth-order valence-electron chi connectivity index (χ4n) is 1.62. The third-order valence-corrected chi connectivity index (χ3v) is 3.44. The van der Waals surface area contributed by atoms with Crippen LogP contribution in [0.5, 0.6) is 0 Å². The van der Waals surface area contributed by atoms with Crippen molar-refractivity contribution in [3.63, 3.8) is 0 Å². The van der Waals surface area contributed by atoms with Crippen molar-refractivity contribution in [1.29, 1.82) is 0 Å². The predicted molar refractivity (Wildman–Crippen MR) is 70.2 cm³/mol. The van der Waals surface area contributed by atoms with E-state index < -0.39 is 0 Å². The van der Waals surface area contributed by atoms with Gasteiger partial charge in [0.2, 0.25) is 5.91 Å². The summed E-state index contributed by atoms with van der Waals surface area (Å²) in [5, 5.41) is 7.99. The van der Waals surface area contributed by atoms with Crippen molar-refractivity contribution in [2.75, 3.05) is 0 Å². The summed E-state index contributed by atoms with van der Waals surface area (Å²) in [6.45, 7) is 2.52. The minimum atomic E-state index is 0.0601. The average Bonchev–Trinajstić information content (AvgIpc) is 2.93. The van der Waals surface area contributed by atoms with E-state index in [0.717, 1.165) is 21.9 Å². The fraction of sp³-hybridized carbons (Fsp3) is 0.417. The molecule has 0 atom stereocenters. The Morgan fingerprint density at radius 1 is 1.50 bits per heavy atom. The van der Waals surface area contributed by atoms with Gasteiger partial charge >= 0.3 is 0 Å². The molecule has 0 saturated heterocycles. The maximum atomic E-state index is 11.6. The lowest BCUT2D eigenvalue weighted by atomic mass is 10.2. The molecule has 2 rings (SSSR count). The highest BCUT2D eigenvalue weighted by Gasteiger charge is 2.05. The van der Waals surface area contributed by atoms with Crippen molar-refractivity contribution in [2.24, 2.45) is 7.05 Å². The maximum absolute atomic E-state index is 11.6. The van der Waals surface area contributed by atoms with Gasteiger partial charge in [-0.25, -0.2) is 4.98 Å². The molecule has 18 heavy (non-hydrogen) atoms. The third-order valence-electron chi connectivity index (χ3n) is 2.53. The van der Waals surface area contributed by atoms with Gasteiger partial charge in [-0.05, 0) is 18.9 Å². The van der Waals surface area contributed by atoms with Gasteiger partial charge in [-0.1, -0.05) is 0 Å². The number of carbonyl (C=O) groups excluding carboxylic acids is 1. The van der Waals surface area contributed by atoms with Crippen LogP contribution >= 0.6 is 11.3 Å². The van der Waals surface area contributed by atoms with Crippen LogP contribution in [0.4, 0.5) is 0 Å². The van der Waals surface area contributed by atoms with Gasteiger partial charge in [0, 0.05) is 30.7 Å². The van der Waals surface area contributed by atoms with Crippen molar-refractivity contribution in [3.8, 4) is 0 Å². The number of thiazole rings is 1. The van der Waals surface area contributed by atoms with Crippen LogP contribution in [0.2, 0.25) is 0 Å². The fourth-order valence-corrected chi connectivity index (χ4v) is 2.35. The monoisotopic (exact) mass is 264 g/mol. The molecule has 2 aromatic heterocycles. The molecule has 96 valence electrons. The van der Waals surface area contributed by atoms with Gasteiger partial charge in [0.15, 0.2) is 0 Å². The van der Waals surface area contributed by atoms with Gasteiger partial charge in [-0.3, -0.25) is 9.48 Å². The van der Waals surface area contributed by atoms with E-state index in [4.69, 9.17) is 0 Å². The second kappa shape index (κ2) is 5.77. The van der Waals surface area contributed by atoms with Crippen molar-refractivity contribution in [3.05, 3.63) is 34.0 Å².